The van der Waals surface area contributed by atoms with Crippen molar-refractivity contribution in [1.82, 2.24) is 65.9 Å². The Balaban J connectivity index is 0.000000108. The zero-order chi connectivity index (χ0) is 89.5. The summed E-state index contributed by atoms with van der Waals surface area (Å²) in [5.74, 6) is 1.72. The molecular weight excluding hydrogens is 1670 g/mol. The molecule has 0 bridgehead atoms. The fraction of sp³-hybridized carbons (Fsp3) is 0. The van der Waals surface area contributed by atoms with Crippen LogP contribution in [0.1, 0.15) is 0 Å². The number of fused-ring (bicyclic) bond motifs is 24. The van der Waals surface area contributed by atoms with Gasteiger partial charge in [0.05, 0.1) is 94.0 Å². The topological polar surface area (TPSA) is 180 Å². The summed E-state index contributed by atoms with van der Waals surface area (Å²) in [4.78, 5) is 71.2. The largest absolute Gasteiger partial charge is 0.456 e. The summed E-state index contributed by atoms with van der Waals surface area (Å²) in [6.45, 7) is 0. The highest BCUT2D eigenvalue weighted by molar-refractivity contribution is 6.14. The molecule has 0 unspecified atom stereocenters. The number of benzene rings is 18. The predicted molar refractivity (Wildman–Crippen MR) is 544 cm³/mol. The molecular formula is C117H72N14O4. The molecule has 0 saturated heterocycles. The van der Waals surface area contributed by atoms with Gasteiger partial charge in [-0.15, -0.1) is 0 Å². The van der Waals surface area contributed by atoms with Crippen molar-refractivity contribution in [3.8, 4) is 84.9 Å². The fourth-order valence-corrected chi connectivity index (χ4v) is 19.8. The summed E-state index contributed by atoms with van der Waals surface area (Å²) in [5, 5.41) is 6.79. The molecule has 28 aromatic rings. The van der Waals surface area contributed by atoms with E-state index in [1.807, 2.05) is 285 Å². The van der Waals surface area contributed by atoms with Crippen molar-refractivity contribution in [3.63, 3.8) is 0 Å². The molecule has 0 atom stereocenters. The van der Waals surface area contributed by atoms with Gasteiger partial charge >= 0.3 is 0 Å². The van der Waals surface area contributed by atoms with E-state index in [2.05, 4.69) is 179 Å². The van der Waals surface area contributed by atoms with Gasteiger partial charge in [-0.05, 0) is 216 Å². The Hall–Kier alpha value is -18.8. The van der Waals surface area contributed by atoms with Crippen molar-refractivity contribution in [2.75, 3.05) is 0 Å². The van der Waals surface area contributed by atoms with Crippen LogP contribution in [0.4, 0.5) is 0 Å². The Morgan fingerprint density at radius 2 is 0.467 bits per heavy atom. The minimum Gasteiger partial charge on any atom is -0.456 e. The van der Waals surface area contributed by atoms with E-state index in [1.165, 1.54) is 21.8 Å². The van der Waals surface area contributed by atoms with Crippen molar-refractivity contribution in [2.24, 2.45) is 0 Å². The average molecular weight is 1740 g/mol. The first-order chi connectivity index (χ1) is 66.7. The van der Waals surface area contributed by atoms with E-state index in [-0.39, 0.29) is 16.7 Å². The minimum absolute atomic E-state index is 0.145. The summed E-state index contributed by atoms with van der Waals surface area (Å²) in [6, 6.07) is 147. The predicted octanol–water partition coefficient (Wildman–Crippen LogP) is 26.0. The molecule has 0 N–H and O–H groups in total. The third kappa shape index (κ3) is 12.7. The van der Waals surface area contributed by atoms with Crippen LogP contribution in [-0.2, 0) is 0 Å². The smallest absolute Gasteiger partial charge is 0.299 e. The molecule has 18 aromatic carbocycles. The Kier molecular flexibility index (Phi) is 17.9. The molecule has 18 nitrogen and oxygen atoms in total. The van der Waals surface area contributed by atoms with Crippen LogP contribution < -0.4 is 16.7 Å². The number of imidazole rings is 3. The fourth-order valence-electron chi connectivity index (χ4n) is 19.8. The molecule has 0 radical (unpaired) electrons. The highest BCUT2D eigenvalue weighted by atomic mass is 16.3. The number of para-hydroxylation sites is 14. The van der Waals surface area contributed by atoms with Gasteiger partial charge in [0.25, 0.3) is 16.7 Å². The molecule has 0 fully saturated rings. The van der Waals surface area contributed by atoms with Gasteiger partial charge in [0.1, 0.15) is 11.2 Å². The lowest BCUT2D eigenvalue weighted by molar-refractivity contribution is 0.669. The van der Waals surface area contributed by atoms with Gasteiger partial charge in [0.15, 0.2) is 17.5 Å². The summed E-state index contributed by atoms with van der Waals surface area (Å²) >= 11 is 0. The Morgan fingerprint density at radius 1 is 0.170 bits per heavy atom. The van der Waals surface area contributed by atoms with Crippen molar-refractivity contribution in [2.45, 2.75) is 0 Å². The third-order valence-corrected chi connectivity index (χ3v) is 25.9. The lowest BCUT2D eigenvalue weighted by atomic mass is 10.0. The number of aromatic nitrogens is 14. The molecule has 28 rings (SSSR count). The molecule has 18 heteroatoms. The van der Waals surface area contributed by atoms with Crippen LogP contribution in [0.15, 0.2) is 456 Å². The first kappa shape index (κ1) is 77.3. The van der Waals surface area contributed by atoms with Crippen molar-refractivity contribution in [3.05, 3.63) is 468 Å². The molecule has 0 saturated carbocycles. The van der Waals surface area contributed by atoms with Gasteiger partial charge in [-0.2, -0.15) is 0 Å². The van der Waals surface area contributed by atoms with E-state index < -0.39 is 0 Å². The second kappa shape index (κ2) is 31.3. The first-order valence-corrected chi connectivity index (χ1v) is 44.7. The standard InChI is InChI=1S/C50H31N5O.C35H22N6O.C32H19N3O2/c56-50-49-51-41-18-8-10-20-46(41)55(49)48-22-12-11-21-47(48)54(50)36-25-28-45-40(31-36)39-30-33(24-27-44(39)53(45)35-15-5-2-6-16-35)32-23-26-43-38(29-32)37-17-7-9-19-42(37)52(43)34-13-3-1-4-14-34;42-35-34-36-27-18-10-11-19-28(27)41(34)30-22-25(20-21-29(30)40(35)26-16-8-3-9-17-26)33-38-31(23-12-4-1-5-13-23)37-32(39-33)24-14-6-2-7-15-24;36-32-31-33-25-11-5-6-12-26(25)35(31)28-19-21(14-16-27(28)34(32)22-8-2-1-3-9-22)20-15-17-30-24(18-20)23-10-4-7-13-29(23)37-30/h1-31H;1-22H;1-19H. The van der Waals surface area contributed by atoms with E-state index in [0.29, 0.717) is 34.4 Å². The van der Waals surface area contributed by atoms with Crippen molar-refractivity contribution in [1.29, 1.82) is 0 Å². The minimum atomic E-state index is -0.185. The number of rotatable bonds is 10. The third-order valence-electron chi connectivity index (χ3n) is 25.9. The maximum absolute atomic E-state index is 14.5. The highest BCUT2D eigenvalue weighted by Gasteiger charge is 2.26. The van der Waals surface area contributed by atoms with Crippen LogP contribution in [0.25, 0.3) is 234 Å². The van der Waals surface area contributed by atoms with Crippen molar-refractivity contribution >= 4 is 149 Å². The van der Waals surface area contributed by atoms with Gasteiger partial charge in [0.2, 0.25) is 16.9 Å². The number of hydrogen-bond donors (Lipinski definition) is 0. The normalized spacial score (nSPS) is 11.8. The number of hydrogen-bond acceptors (Lipinski definition) is 10. The molecule has 135 heavy (non-hydrogen) atoms. The number of nitrogens with zero attached hydrogens (tertiary/aromatic N) is 14. The van der Waals surface area contributed by atoms with Gasteiger partial charge in [-0.1, -0.05) is 243 Å². The first-order valence-electron chi connectivity index (χ1n) is 44.7. The summed E-state index contributed by atoms with van der Waals surface area (Å²) in [6.07, 6.45) is 0. The van der Waals surface area contributed by atoms with Crippen LogP contribution >= 0.6 is 0 Å². The molecule has 0 aliphatic heterocycles. The molecule has 634 valence electrons. The van der Waals surface area contributed by atoms with Crippen LogP contribution in [0, 0.1) is 0 Å². The quantitative estimate of drug-likeness (QED) is 0.128. The SMILES string of the molecule is O=c1c2nc3ccccc3n2c2cc(-c3ccc4oc5ccccc5c4c3)ccc2n1-c1ccccc1.O=c1c2nc3ccccc3n2c2cc(-c3nc(-c4ccccc4)nc(-c4ccccc4)n3)ccc2n1-c1ccccc1.O=c1c2nc3ccccc3n2c2ccccc2n1-c1ccc2c(c1)c1cc(-c3ccc4c(c3)c3ccccc3n4-c3ccccc3)ccc1n2-c1ccccc1. The lowest BCUT2D eigenvalue weighted by Crippen LogP contribution is -2.21. The van der Waals surface area contributed by atoms with E-state index in [9.17, 15) is 14.4 Å². The maximum Gasteiger partial charge on any atom is 0.299 e. The zero-order valence-electron chi connectivity index (χ0n) is 72.0. The lowest BCUT2D eigenvalue weighted by Gasteiger charge is -2.14. The van der Waals surface area contributed by atoms with Gasteiger partial charge < -0.3 is 13.6 Å². The highest BCUT2D eigenvalue weighted by Crippen LogP contribution is 2.42. The van der Waals surface area contributed by atoms with Crippen LogP contribution in [0.2, 0.25) is 0 Å². The van der Waals surface area contributed by atoms with E-state index in [1.54, 1.807) is 9.13 Å². The Bertz CT molecular complexity index is 9850. The monoisotopic (exact) mass is 1740 g/mol. The molecule has 10 aromatic heterocycles. The Labute approximate surface area is 766 Å². The molecule has 10 heterocycles. The zero-order valence-corrected chi connectivity index (χ0v) is 72.0. The second-order valence-corrected chi connectivity index (χ2v) is 33.6. The summed E-state index contributed by atoms with van der Waals surface area (Å²) in [5.41, 5.74) is 28.7. The molecule has 0 aliphatic carbocycles. The van der Waals surface area contributed by atoms with Crippen molar-refractivity contribution < 1.29 is 4.42 Å². The maximum atomic E-state index is 14.5. The molecule has 0 amide bonds. The number of furan rings is 1. The van der Waals surface area contributed by atoms with Gasteiger partial charge in [0, 0.05) is 71.8 Å². The Morgan fingerprint density at radius 3 is 0.948 bits per heavy atom. The second-order valence-electron chi connectivity index (χ2n) is 33.6. The molecule has 0 spiro atoms. The van der Waals surface area contributed by atoms with Crippen LogP contribution in [-0.4, -0.2) is 65.9 Å². The van der Waals surface area contributed by atoms with E-state index in [4.69, 9.17) is 34.3 Å². The van der Waals surface area contributed by atoms with E-state index in [0.717, 1.165) is 177 Å². The van der Waals surface area contributed by atoms with Crippen LogP contribution in [0.3, 0.4) is 0 Å². The van der Waals surface area contributed by atoms with Gasteiger partial charge in [-0.3, -0.25) is 41.3 Å². The van der Waals surface area contributed by atoms with Crippen LogP contribution in [0.5, 0.6) is 0 Å². The van der Waals surface area contributed by atoms with Gasteiger partial charge in [-0.25, -0.2) is 29.9 Å². The molecule has 0 aliphatic rings. The average Bonchev–Trinajstić information content (AvgIpc) is 1.59. The van der Waals surface area contributed by atoms with E-state index >= 15 is 0 Å². The summed E-state index contributed by atoms with van der Waals surface area (Å²) < 4.78 is 21.9. The summed E-state index contributed by atoms with van der Waals surface area (Å²) in [7, 11) is 0.